The van der Waals surface area contributed by atoms with Crippen LogP contribution in [0.4, 0.5) is 5.82 Å². The summed E-state index contributed by atoms with van der Waals surface area (Å²) in [6.07, 6.45) is 0.773. The smallest absolute Gasteiger partial charge is 0.276 e. The van der Waals surface area contributed by atoms with Crippen LogP contribution in [0.25, 0.3) is 0 Å². The van der Waals surface area contributed by atoms with E-state index in [9.17, 15) is 18.3 Å². The molecule has 2 aliphatic heterocycles. The number of aliphatic hydroxyl groups is 1. The van der Waals surface area contributed by atoms with Gasteiger partial charge in [-0.2, -0.15) is 4.98 Å². The van der Waals surface area contributed by atoms with E-state index in [1.165, 1.54) is 4.57 Å². The number of halogens is 1. The van der Waals surface area contributed by atoms with Crippen molar-refractivity contribution in [2.24, 2.45) is 0 Å². The van der Waals surface area contributed by atoms with Gasteiger partial charge in [0, 0.05) is 25.2 Å². The lowest BCUT2D eigenvalue weighted by atomic mass is 10.2. The molecular weight excluding hydrogens is 456 g/mol. The van der Waals surface area contributed by atoms with Gasteiger partial charge in [0.1, 0.15) is 0 Å². The summed E-state index contributed by atoms with van der Waals surface area (Å²) in [4.78, 5) is 21.3. The highest BCUT2D eigenvalue weighted by Gasteiger charge is 2.54. The van der Waals surface area contributed by atoms with Crippen LogP contribution in [0.15, 0.2) is 29.4 Å². The lowest BCUT2D eigenvalue weighted by molar-refractivity contribution is 0.0645. The first kappa shape index (κ1) is 23.0. The summed E-state index contributed by atoms with van der Waals surface area (Å²) in [7, 11) is -1.98. The molecule has 9 nitrogen and oxygen atoms in total. The zero-order chi connectivity index (χ0) is 23.0. The molecule has 2 unspecified atom stereocenters. The van der Waals surface area contributed by atoms with E-state index in [2.05, 4.69) is 4.98 Å². The van der Waals surface area contributed by atoms with Crippen molar-refractivity contribution < 1.29 is 23.1 Å². The van der Waals surface area contributed by atoms with Gasteiger partial charge in [0.15, 0.2) is 24.0 Å². The Hall–Kier alpha value is -2.14. The molecule has 1 N–H and O–H groups in total. The van der Waals surface area contributed by atoms with Gasteiger partial charge in [0.2, 0.25) is 15.0 Å². The van der Waals surface area contributed by atoms with Crippen LogP contribution in [-0.4, -0.2) is 72.3 Å². The maximum Gasteiger partial charge on any atom is 0.276 e. The predicted molar refractivity (Wildman–Crippen MR) is 120 cm³/mol. The fourth-order valence-electron chi connectivity index (χ4n) is 3.91. The van der Waals surface area contributed by atoms with E-state index in [-0.39, 0.29) is 41.5 Å². The summed E-state index contributed by atoms with van der Waals surface area (Å²) in [5, 5.41) is 9.72. The summed E-state index contributed by atoms with van der Waals surface area (Å²) in [5.74, 6) is -0.115. The molecule has 2 atom stereocenters. The predicted octanol–water partition coefficient (Wildman–Crippen LogP) is 2.12. The third kappa shape index (κ3) is 4.24. The molecule has 1 aromatic carbocycles. The van der Waals surface area contributed by atoms with E-state index >= 15 is 0 Å². The van der Waals surface area contributed by atoms with Crippen molar-refractivity contribution in [2.75, 3.05) is 30.9 Å². The van der Waals surface area contributed by atoms with Crippen molar-refractivity contribution in [3.8, 4) is 0 Å². The number of fused-ring (bicyclic) bond motifs is 2. The molecule has 2 aromatic rings. The average molecular weight is 483 g/mol. The SMILES string of the molecule is CCCCS(=O)(=O)c1nc2c(n1Cc1ccc(Cl)cc1)C(=O)N(CCCO)C1OC1N2C. The zero-order valence-corrected chi connectivity index (χ0v) is 19.6. The Balaban J connectivity index is 1.85. The topological polar surface area (TPSA) is 108 Å². The van der Waals surface area contributed by atoms with Gasteiger partial charge in [-0.1, -0.05) is 37.1 Å². The Morgan fingerprint density at radius 1 is 1.19 bits per heavy atom. The molecule has 3 heterocycles. The van der Waals surface area contributed by atoms with Crippen LogP contribution in [-0.2, 0) is 21.1 Å². The number of ether oxygens (including phenoxy) is 1. The quantitative estimate of drug-likeness (QED) is 0.545. The third-order valence-electron chi connectivity index (χ3n) is 5.70. The van der Waals surface area contributed by atoms with E-state index in [1.54, 1.807) is 41.1 Å². The number of hydrogen-bond donors (Lipinski definition) is 1. The summed E-state index contributed by atoms with van der Waals surface area (Å²) in [6, 6.07) is 7.04. The van der Waals surface area contributed by atoms with Gasteiger partial charge in [-0.15, -0.1) is 0 Å². The van der Waals surface area contributed by atoms with Crippen molar-refractivity contribution in [1.29, 1.82) is 0 Å². The number of likely N-dealkylation sites (N-methyl/N-ethyl adjacent to an activating group) is 1. The highest BCUT2D eigenvalue weighted by molar-refractivity contribution is 7.91. The molecule has 174 valence electrons. The maximum absolute atomic E-state index is 13.6. The second kappa shape index (κ2) is 9.01. The Morgan fingerprint density at radius 2 is 1.91 bits per heavy atom. The molecule has 0 spiro atoms. The largest absolute Gasteiger partial charge is 0.396 e. The normalized spacial score (nSPS) is 20.2. The lowest BCUT2D eigenvalue weighted by Gasteiger charge is -2.20. The molecule has 0 saturated carbocycles. The number of anilines is 1. The number of sulfone groups is 1. The summed E-state index contributed by atoms with van der Waals surface area (Å²) >= 11 is 6.01. The van der Waals surface area contributed by atoms with Gasteiger partial charge in [0.05, 0.1) is 12.3 Å². The number of carbonyl (C=O) groups excluding carboxylic acids is 1. The number of imidazole rings is 1. The Labute approximate surface area is 192 Å². The molecule has 1 aromatic heterocycles. The van der Waals surface area contributed by atoms with Crippen LogP contribution in [0, 0.1) is 0 Å². The maximum atomic E-state index is 13.6. The molecular formula is C21H27ClN4O5S. The van der Waals surface area contributed by atoms with Gasteiger partial charge in [0.25, 0.3) is 5.91 Å². The van der Waals surface area contributed by atoms with E-state index in [0.29, 0.717) is 24.4 Å². The van der Waals surface area contributed by atoms with E-state index in [0.717, 1.165) is 12.0 Å². The second-order valence-corrected chi connectivity index (χ2v) is 10.5. The molecule has 0 bridgehead atoms. The average Bonchev–Trinajstić information content (AvgIpc) is 3.47. The molecule has 1 saturated heterocycles. The fourth-order valence-corrected chi connectivity index (χ4v) is 5.60. The fraction of sp³-hybridized carbons (Fsp3) is 0.524. The number of epoxide rings is 1. The number of nitrogens with zero attached hydrogens (tertiary/aromatic N) is 4. The molecule has 32 heavy (non-hydrogen) atoms. The first-order valence-corrected chi connectivity index (χ1v) is 12.7. The van der Waals surface area contributed by atoms with Gasteiger partial charge in [-0.05, 0) is 30.5 Å². The van der Waals surface area contributed by atoms with Crippen LogP contribution in [0.3, 0.4) is 0 Å². The van der Waals surface area contributed by atoms with Gasteiger partial charge < -0.3 is 24.2 Å². The Kier molecular flexibility index (Phi) is 6.49. The lowest BCUT2D eigenvalue weighted by Crippen LogP contribution is -2.37. The number of carbonyl (C=O) groups is 1. The Morgan fingerprint density at radius 3 is 2.56 bits per heavy atom. The summed E-state index contributed by atoms with van der Waals surface area (Å²) in [5.41, 5.74) is 1.01. The van der Waals surface area contributed by atoms with Gasteiger partial charge in [-0.25, -0.2) is 8.42 Å². The first-order chi connectivity index (χ1) is 15.3. The highest BCUT2D eigenvalue weighted by Crippen LogP contribution is 2.40. The number of rotatable bonds is 9. The number of aromatic nitrogens is 2. The van der Waals surface area contributed by atoms with Crippen LogP contribution in [0.2, 0.25) is 5.02 Å². The van der Waals surface area contributed by atoms with E-state index < -0.39 is 22.3 Å². The summed E-state index contributed by atoms with van der Waals surface area (Å²) in [6.45, 7) is 2.31. The molecule has 11 heteroatoms. The number of benzene rings is 1. The summed E-state index contributed by atoms with van der Waals surface area (Å²) < 4.78 is 33.6. The van der Waals surface area contributed by atoms with Crippen LogP contribution >= 0.6 is 11.6 Å². The van der Waals surface area contributed by atoms with Crippen LogP contribution < -0.4 is 4.90 Å². The van der Waals surface area contributed by atoms with Crippen LogP contribution in [0.5, 0.6) is 0 Å². The minimum atomic E-state index is -3.72. The number of amides is 1. The molecule has 0 radical (unpaired) electrons. The highest BCUT2D eigenvalue weighted by atomic mass is 35.5. The standard InChI is InChI=1S/C21H27ClN4O5S/c1-3-4-12-32(29,30)21-23-17-16(26(21)13-14-6-8-15(22)9-7-14)18(28)25(10-5-11-27)20-19(31-20)24(17)2/h6-9,19-20,27H,3-5,10-13H2,1-2H3. The monoisotopic (exact) mass is 482 g/mol. The third-order valence-corrected chi connectivity index (χ3v) is 7.65. The minimum Gasteiger partial charge on any atom is -0.396 e. The van der Waals surface area contributed by atoms with Gasteiger partial charge in [-0.3, -0.25) is 4.79 Å². The van der Waals surface area contributed by atoms with Crippen LogP contribution in [0.1, 0.15) is 42.2 Å². The van der Waals surface area contributed by atoms with Gasteiger partial charge >= 0.3 is 0 Å². The zero-order valence-electron chi connectivity index (χ0n) is 18.1. The second-order valence-electron chi connectivity index (χ2n) is 8.06. The van der Waals surface area contributed by atoms with Crippen molar-refractivity contribution in [2.45, 2.75) is 50.3 Å². The van der Waals surface area contributed by atoms with Crippen molar-refractivity contribution in [1.82, 2.24) is 14.5 Å². The van der Waals surface area contributed by atoms with Crippen molar-refractivity contribution >= 4 is 33.2 Å². The van der Waals surface area contributed by atoms with Crippen molar-refractivity contribution in [3.63, 3.8) is 0 Å². The molecule has 2 aliphatic rings. The van der Waals surface area contributed by atoms with E-state index in [4.69, 9.17) is 16.3 Å². The molecule has 1 fully saturated rings. The molecule has 4 rings (SSSR count). The van der Waals surface area contributed by atoms with E-state index in [1.807, 2.05) is 6.92 Å². The number of hydrogen-bond acceptors (Lipinski definition) is 7. The van der Waals surface area contributed by atoms with Crippen molar-refractivity contribution in [3.05, 3.63) is 40.5 Å². The number of unbranched alkanes of at least 4 members (excludes halogenated alkanes) is 1. The number of aliphatic hydroxyl groups excluding tert-OH is 1. The Bertz CT molecular complexity index is 1100. The molecule has 1 amide bonds. The first-order valence-electron chi connectivity index (χ1n) is 10.7. The molecule has 0 aliphatic carbocycles. The minimum absolute atomic E-state index is 0.0469.